The maximum absolute atomic E-state index is 12.8. The molecule has 0 amide bonds. The number of fused-ring (bicyclic) bond motifs is 2. The Morgan fingerprint density at radius 2 is 2.04 bits per heavy atom. The van der Waals surface area contributed by atoms with E-state index in [0.29, 0.717) is 32.5 Å². The zero-order valence-electron chi connectivity index (χ0n) is 11.3. The van der Waals surface area contributed by atoms with Gasteiger partial charge >= 0.3 is 12.2 Å². The number of aromatic amines is 2. The first-order valence-corrected chi connectivity index (χ1v) is 6.95. The fourth-order valence-electron chi connectivity index (χ4n) is 2.47. The second kappa shape index (κ2) is 4.88. The van der Waals surface area contributed by atoms with Gasteiger partial charge in [-0.15, -0.1) is 0 Å². The van der Waals surface area contributed by atoms with Crippen molar-refractivity contribution in [2.75, 3.05) is 0 Å². The first-order chi connectivity index (χ1) is 11.0. The molecule has 0 bridgehead atoms. The predicted octanol–water partition coefficient (Wildman–Crippen LogP) is 3.32. The smallest absolute Gasteiger partial charge is 0.304 e. The molecular weight excluding hydrogens is 328 g/mol. The minimum atomic E-state index is -2.80. The van der Waals surface area contributed by atoms with Gasteiger partial charge in [-0.25, -0.2) is 9.78 Å². The highest BCUT2D eigenvalue weighted by atomic mass is 35.5. The SMILES string of the molecule is O=c1[nH]c2cc3cc(-c4cnn(C(F)F)c4Cl)ccc3nc2[nH]1. The molecular formula is C14H8ClF2N5O. The lowest BCUT2D eigenvalue weighted by Gasteiger charge is -2.04. The van der Waals surface area contributed by atoms with Crippen LogP contribution in [0.1, 0.15) is 6.55 Å². The molecule has 0 aliphatic rings. The van der Waals surface area contributed by atoms with E-state index in [-0.39, 0.29) is 10.8 Å². The first-order valence-electron chi connectivity index (χ1n) is 6.57. The van der Waals surface area contributed by atoms with Crippen LogP contribution in [0.3, 0.4) is 0 Å². The maximum Gasteiger partial charge on any atom is 0.334 e. The normalized spacial score (nSPS) is 11.8. The average Bonchev–Trinajstić information content (AvgIpc) is 3.05. The molecule has 0 unspecified atom stereocenters. The number of rotatable bonds is 2. The number of nitrogens with one attached hydrogen (secondary N) is 2. The van der Waals surface area contributed by atoms with Crippen molar-refractivity contribution in [3.8, 4) is 11.1 Å². The number of nitrogens with zero attached hydrogens (tertiary/aromatic N) is 3. The molecule has 23 heavy (non-hydrogen) atoms. The van der Waals surface area contributed by atoms with Crippen molar-refractivity contribution in [3.05, 3.63) is 46.1 Å². The molecule has 0 fully saturated rings. The fourth-order valence-corrected chi connectivity index (χ4v) is 2.75. The van der Waals surface area contributed by atoms with Gasteiger partial charge in [0.25, 0.3) is 0 Å². The van der Waals surface area contributed by atoms with E-state index in [1.54, 1.807) is 24.3 Å². The zero-order valence-corrected chi connectivity index (χ0v) is 12.1. The van der Waals surface area contributed by atoms with Crippen molar-refractivity contribution in [1.82, 2.24) is 24.7 Å². The summed E-state index contributed by atoms with van der Waals surface area (Å²) in [6, 6.07) is 6.95. The van der Waals surface area contributed by atoms with Crippen LogP contribution in [-0.4, -0.2) is 24.7 Å². The Hall–Kier alpha value is -2.74. The van der Waals surface area contributed by atoms with Crippen LogP contribution in [0.25, 0.3) is 33.2 Å². The number of hydrogen-bond donors (Lipinski definition) is 2. The summed E-state index contributed by atoms with van der Waals surface area (Å²) in [5.74, 6) is 0. The third kappa shape index (κ3) is 2.18. The summed E-state index contributed by atoms with van der Waals surface area (Å²) in [5, 5.41) is 4.20. The number of halogens is 3. The summed E-state index contributed by atoms with van der Waals surface area (Å²) in [5.41, 5.74) is 2.37. The van der Waals surface area contributed by atoms with Gasteiger partial charge in [0, 0.05) is 10.9 Å². The standard InChI is InChI=1S/C14H8ClF2N5O/c15-11-8(5-18-22(11)13(16)17)6-1-2-9-7(3-6)4-10-12(19-9)21-14(23)20-10/h1-5,13H,(H2,19,20,21,23). The van der Waals surface area contributed by atoms with Gasteiger partial charge in [-0.05, 0) is 23.8 Å². The van der Waals surface area contributed by atoms with Crippen LogP contribution in [-0.2, 0) is 0 Å². The topological polar surface area (TPSA) is 79.4 Å². The van der Waals surface area contributed by atoms with Crippen LogP contribution in [0.5, 0.6) is 0 Å². The van der Waals surface area contributed by atoms with Gasteiger partial charge in [-0.3, -0.25) is 4.98 Å². The van der Waals surface area contributed by atoms with Crippen molar-refractivity contribution in [2.45, 2.75) is 6.55 Å². The van der Waals surface area contributed by atoms with E-state index < -0.39 is 6.55 Å². The largest absolute Gasteiger partial charge is 0.334 e. The first kappa shape index (κ1) is 13.9. The molecule has 3 heterocycles. The molecule has 0 atom stereocenters. The van der Waals surface area contributed by atoms with E-state index in [1.807, 2.05) is 0 Å². The summed E-state index contributed by atoms with van der Waals surface area (Å²) in [4.78, 5) is 20.9. The average molecular weight is 336 g/mol. The lowest BCUT2D eigenvalue weighted by atomic mass is 10.1. The molecule has 0 radical (unpaired) electrons. The monoisotopic (exact) mass is 335 g/mol. The summed E-state index contributed by atoms with van der Waals surface area (Å²) in [6.45, 7) is -2.80. The van der Waals surface area contributed by atoms with Crippen LogP contribution in [0.15, 0.2) is 35.3 Å². The van der Waals surface area contributed by atoms with Gasteiger partial charge in [0.1, 0.15) is 5.15 Å². The molecule has 9 heteroatoms. The maximum atomic E-state index is 12.8. The highest BCUT2D eigenvalue weighted by Gasteiger charge is 2.17. The van der Waals surface area contributed by atoms with Crippen LogP contribution in [0, 0.1) is 0 Å². The van der Waals surface area contributed by atoms with Gasteiger partial charge in [0.05, 0.1) is 17.2 Å². The van der Waals surface area contributed by atoms with E-state index >= 15 is 0 Å². The minimum Gasteiger partial charge on any atom is -0.304 e. The molecule has 0 saturated carbocycles. The van der Waals surface area contributed by atoms with E-state index in [1.165, 1.54) is 6.20 Å². The van der Waals surface area contributed by atoms with Crippen molar-refractivity contribution in [2.24, 2.45) is 0 Å². The van der Waals surface area contributed by atoms with E-state index in [0.717, 1.165) is 5.39 Å². The minimum absolute atomic E-state index is 0.136. The van der Waals surface area contributed by atoms with E-state index in [9.17, 15) is 13.6 Å². The summed E-state index contributed by atoms with van der Waals surface area (Å²) in [7, 11) is 0. The number of alkyl halides is 2. The molecule has 0 spiro atoms. The fraction of sp³-hybridized carbons (Fsp3) is 0.0714. The molecule has 0 saturated heterocycles. The Morgan fingerprint density at radius 1 is 1.22 bits per heavy atom. The Balaban J connectivity index is 1.91. The van der Waals surface area contributed by atoms with Crippen molar-refractivity contribution in [3.63, 3.8) is 0 Å². The Morgan fingerprint density at radius 3 is 2.78 bits per heavy atom. The van der Waals surface area contributed by atoms with Crippen LogP contribution >= 0.6 is 11.6 Å². The van der Waals surface area contributed by atoms with Crippen molar-refractivity contribution >= 4 is 33.7 Å². The number of imidazole rings is 1. The third-order valence-electron chi connectivity index (χ3n) is 3.53. The van der Waals surface area contributed by atoms with Gasteiger partial charge in [-0.1, -0.05) is 17.7 Å². The van der Waals surface area contributed by atoms with Crippen molar-refractivity contribution in [1.29, 1.82) is 0 Å². The second-order valence-electron chi connectivity index (χ2n) is 4.94. The quantitative estimate of drug-likeness (QED) is 0.590. The van der Waals surface area contributed by atoms with Gasteiger partial charge in [-0.2, -0.15) is 18.6 Å². The molecule has 1 aromatic carbocycles. The number of benzene rings is 1. The lowest BCUT2D eigenvalue weighted by Crippen LogP contribution is -1.99. The Bertz CT molecular complexity index is 1100. The lowest BCUT2D eigenvalue weighted by molar-refractivity contribution is 0.0570. The zero-order chi connectivity index (χ0) is 16.1. The number of aromatic nitrogens is 5. The van der Waals surface area contributed by atoms with Gasteiger partial charge in [0.2, 0.25) is 0 Å². The van der Waals surface area contributed by atoms with E-state index in [2.05, 4.69) is 20.1 Å². The molecule has 116 valence electrons. The van der Waals surface area contributed by atoms with Crippen LogP contribution < -0.4 is 5.69 Å². The molecule has 4 aromatic rings. The van der Waals surface area contributed by atoms with Gasteiger partial charge < -0.3 is 4.98 Å². The number of H-pyrrole nitrogens is 2. The van der Waals surface area contributed by atoms with Crippen LogP contribution in [0.2, 0.25) is 5.15 Å². The predicted molar refractivity (Wildman–Crippen MR) is 81.7 cm³/mol. The third-order valence-corrected chi connectivity index (χ3v) is 3.90. The number of hydrogen-bond acceptors (Lipinski definition) is 3. The summed E-state index contributed by atoms with van der Waals surface area (Å²) >= 11 is 5.96. The summed E-state index contributed by atoms with van der Waals surface area (Å²) < 4.78 is 26.0. The second-order valence-corrected chi connectivity index (χ2v) is 5.30. The Labute approximate surface area is 131 Å². The Kier molecular flexibility index (Phi) is 2.95. The molecule has 3 aromatic heterocycles. The highest BCUT2D eigenvalue weighted by Crippen LogP contribution is 2.32. The highest BCUT2D eigenvalue weighted by molar-refractivity contribution is 6.32. The molecule has 4 rings (SSSR count). The van der Waals surface area contributed by atoms with Gasteiger partial charge in [0.15, 0.2) is 5.65 Å². The molecule has 0 aliphatic heterocycles. The van der Waals surface area contributed by atoms with Crippen LogP contribution in [0.4, 0.5) is 8.78 Å². The summed E-state index contributed by atoms with van der Waals surface area (Å²) in [6.07, 6.45) is 1.29. The van der Waals surface area contributed by atoms with E-state index in [4.69, 9.17) is 11.6 Å². The molecule has 6 nitrogen and oxygen atoms in total. The number of pyridine rings is 1. The van der Waals surface area contributed by atoms with Crippen molar-refractivity contribution < 1.29 is 8.78 Å². The molecule has 2 N–H and O–H groups in total. The molecule has 0 aliphatic carbocycles.